The average molecular weight is 340 g/mol. The maximum Gasteiger partial charge on any atom is 0.416 e. The molecule has 0 atom stereocenters. The van der Waals surface area contributed by atoms with Crippen LogP contribution in [0.5, 0.6) is 5.75 Å². The Kier molecular flexibility index (Phi) is 5.58. The standard InChI is InChI=1S/C16H19F3N4O/c1-4-13-14(5-2)22-23-15(21-13)20-9-10-6-7-11(24-3)8-12(10)16(17,18)19/h6-8H,4-5,9H2,1-3H3,(H,20,21,23). The number of aryl methyl sites for hydroxylation is 2. The summed E-state index contributed by atoms with van der Waals surface area (Å²) < 4.78 is 44.4. The summed E-state index contributed by atoms with van der Waals surface area (Å²) in [6, 6.07) is 3.85. The maximum absolute atomic E-state index is 13.2. The topological polar surface area (TPSA) is 59.9 Å². The first-order valence-corrected chi connectivity index (χ1v) is 7.59. The number of nitrogens with one attached hydrogen (secondary N) is 1. The van der Waals surface area contributed by atoms with E-state index < -0.39 is 11.7 Å². The third kappa shape index (κ3) is 4.12. The van der Waals surface area contributed by atoms with Gasteiger partial charge in [0.05, 0.1) is 24.1 Å². The minimum atomic E-state index is -4.47. The van der Waals surface area contributed by atoms with Crippen LogP contribution in [0.3, 0.4) is 0 Å². The van der Waals surface area contributed by atoms with E-state index in [1.165, 1.54) is 19.2 Å². The Labute approximate surface area is 138 Å². The zero-order valence-corrected chi connectivity index (χ0v) is 13.7. The van der Waals surface area contributed by atoms with Crippen molar-refractivity contribution >= 4 is 5.95 Å². The van der Waals surface area contributed by atoms with Gasteiger partial charge in [0, 0.05) is 6.54 Å². The highest BCUT2D eigenvalue weighted by molar-refractivity contribution is 5.39. The monoisotopic (exact) mass is 340 g/mol. The van der Waals surface area contributed by atoms with Crippen LogP contribution in [0.4, 0.5) is 19.1 Å². The molecule has 2 aromatic rings. The molecule has 1 heterocycles. The fourth-order valence-electron chi connectivity index (χ4n) is 2.29. The van der Waals surface area contributed by atoms with Crippen LogP contribution in [0.1, 0.15) is 36.4 Å². The Balaban J connectivity index is 2.23. The highest BCUT2D eigenvalue weighted by Gasteiger charge is 2.33. The number of ether oxygens (including phenoxy) is 1. The lowest BCUT2D eigenvalue weighted by atomic mass is 10.1. The molecule has 1 aromatic carbocycles. The van der Waals surface area contributed by atoms with Gasteiger partial charge in [0.25, 0.3) is 0 Å². The molecule has 0 aliphatic rings. The highest BCUT2D eigenvalue weighted by atomic mass is 19.4. The lowest BCUT2D eigenvalue weighted by Crippen LogP contribution is -2.14. The summed E-state index contributed by atoms with van der Waals surface area (Å²) in [4.78, 5) is 4.31. The first kappa shape index (κ1) is 18.0. The van der Waals surface area contributed by atoms with Crippen molar-refractivity contribution in [2.24, 2.45) is 0 Å². The maximum atomic E-state index is 13.2. The Bertz CT molecular complexity index is 704. The normalized spacial score (nSPS) is 11.4. The van der Waals surface area contributed by atoms with Crippen molar-refractivity contribution in [3.05, 3.63) is 40.7 Å². The molecule has 130 valence electrons. The summed E-state index contributed by atoms with van der Waals surface area (Å²) in [5, 5.41) is 10.8. The van der Waals surface area contributed by atoms with E-state index in [1.54, 1.807) is 0 Å². The number of methoxy groups -OCH3 is 1. The van der Waals surface area contributed by atoms with E-state index in [0.29, 0.717) is 12.8 Å². The number of anilines is 1. The zero-order chi connectivity index (χ0) is 17.7. The number of halogens is 3. The molecular weight excluding hydrogens is 321 g/mol. The quantitative estimate of drug-likeness (QED) is 0.870. The number of hydrogen-bond acceptors (Lipinski definition) is 5. The largest absolute Gasteiger partial charge is 0.497 e. The van der Waals surface area contributed by atoms with Crippen LogP contribution in [0.25, 0.3) is 0 Å². The SMILES string of the molecule is CCc1nnc(NCc2ccc(OC)cc2C(F)(F)F)nc1CC. The molecule has 5 nitrogen and oxygen atoms in total. The molecule has 0 saturated carbocycles. The molecule has 0 saturated heterocycles. The van der Waals surface area contributed by atoms with E-state index in [1.807, 2.05) is 13.8 Å². The Morgan fingerprint density at radius 2 is 1.79 bits per heavy atom. The van der Waals surface area contributed by atoms with E-state index in [9.17, 15) is 13.2 Å². The molecule has 0 aliphatic carbocycles. The Morgan fingerprint density at radius 3 is 2.38 bits per heavy atom. The molecule has 0 radical (unpaired) electrons. The minimum absolute atomic E-state index is 0.0604. The van der Waals surface area contributed by atoms with Crippen molar-refractivity contribution < 1.29 is 17.9 Å². The van der Waals surface area contributed by atoms with Gasteiger partial charge < -0.3 is 10.1 Å². The van der Waals surface area contributed by atoms with Crippen molar-refractivity contribution in [2.75, 3.05) is 12.4 Å². The molecule has 1 N–H and O–H groups in total. The molecule has 0 spiro atoms. The van der Waals surface area contributed by atoms with Crippen molar-refractivity contribution in [1.82, 2.24) is 15.2 Å². The predicted molar refractivity (Wildman–Crippen MR) is 83.9 cm³/mol. The number of alkyl halides is 3. The molecule has 0 aliphatic heterocycles. The van der Waals surface area contributed by atoms with E-state index >= 15 is 0 Å². The van der Waals surface area contributed by atoms with E-state index in [0.717, 1.165) is 17.5 Å². The third-order valence-corrected chi connectivity index (χ3v) is 3.57. The van der Waals surface area contributed by atoms with Crippen LogP contribution in [-0.2, 0) is 25.6 Å². The molecule has 2 rings (SSSR count). The number of hydrogen-bond donors (Lipinski definition) is 1. The Morgan fingerprint density at radius 1 is 1.08 bits per heavy atom. The molecule has 1 aromatic heterocycles. The molecular formula is C16H19F3N4O. The van der Waals surface area contributed by atoms with Crippen LogP contribution >= 0.6 is 0 Å². The van der Waals surface area contributed by atoms with Crippen molar-refractivity contribution in [2.45, 2.75) is 39.4 Å². The first-order valence-electron chi connectivity index (χ1n) is 7.59. The Hall–Kier alpha value is -2.38. The minimum Gasteiger partial charge on any atom is -0.497 e. The lowest BCUT2D eigenvalue weighted by Gasteiger charge is -2.15. The van der Waals surface area contributed by atoms with Gasteiger partial charge in [0.15, 0.2) is 0 Å². The van der Waals surface area contributed by atoms with Crippen molar-refractivity contribution in [3.8, 4) is 5.75 Å². The number of aromatic nitrogens is 3. The van der Waals surface area contributed by atoms with E-state index in [-0.39, 0.29) is 23.8 Å². The van der Waals surface area contributed by atoms with Gasteiger partial charge >= 0.3 is 6.18 Å². The van der Waals surface area contributed by atoms with Crippen LogP contribution in [0, 0.1) is 0 Å². The van der Waals surface area contributed by atoms with Crippen LogP contribution in [0.2, 0.25) is 0 Å². The van der Waals surface area contributed by atoms with Gasteiger partial charge in [-0.1, -0.05) is 19.9 Å². The van der Waals surface area contributed by atoms with Crippen LogP contribution in [0.15, 0.2) is 18.2 Å². The third-order valence-electron chi connectivity index (χ3n) is 3.57. The van der Waals surface area contributed by atoms with Gasteiger partial charge in [-0.2, -0.15) is 18.3 Å². The second-order valence-electron chi connectivity index (χ2n) is 5.11. The summed E-state index contributed by atoms with van der Waals surface area (Å²) in [6.45, 7) is 3.83. The van der Waals surface area contributed by atoms with E-state index in [2.05, 4.69) is 20.5 Å². The fraction of sp³-hybridized carbons (Fsp3) is 0.438. The van der Waals surface area contributed by atoms with Crippen LogP contribution in [-0.4, -0.2) is 22.3 Å². The van der Waals surface area contributed by atoms with Gasteiger partial charge in [-0.25, -0.2) is 4.98 Å². The zero-order valence-electron chi connectivity index (χ0n) is 13.7. The van der Waals surface area contributed by atoms with Gasteiger partial charge in [-0.3, -0.25) is 0 Å². The summed E-state index contributed by atoms with van der Waals surface area (Å²) in [5.74, 6) is 0.373. The lowest BCUT2D eigenvalue weighted by molar-refractivity contribution is -0.138. The smallest absolute Gasteiger partial charge is 0.416 e. The van der Waals surface area contributed by atoms with Crippen molar-refractivity contribution in [1.29, 1.82) is 0 Å². The fourth-order valence-corrected chi connectivity index (χ4v) is 2.29. The second kappa shape index (κ2) is 7.46. The van der Waals surface area contributed by atoms with Gasteiger partial charge in [-0.15, -0.1) is 5.10 Å². The summed E-state index contributed by atoms with van der Waals surface area (Å²) in [6.07, 6.45) is -3.07. The molecule has 0 amide bonds. The molecule has 0 unspecified atom stereocenters. The summed E-state index contributed by atoms with van der Waals surface area (Å²) in [7, 11) is 1.33. The molecule has 0 bridgehead atoms. The van der Waals surface area contributed by atoms with Gasteiger partial charge in [0.2, 0.25) is 5.95 Å². The predicted octanol–water partition coefficient (Wildman–Crippen LogP) is 3.64. The molecule has 8 heteroatoms. The number of benzene rings is 1. The summed E-state index contributed by atoms with van der Waals surface area (Å²) in [5.41, 5.74) is 0.928. The molecule has 0 fully saturated rings. The van der Waals surface area contributed by atoms with Crippen molar-refractivity contribution in [3.63, 3.8) is 0 Å². The van der Waals surface area contributed by atoms with E-state index in [4.69, 9.17) is 4.74 Å². The summed E-state index contributed by atoms with van der Waals surface area (Å²) >= 11 is 0. The van der Waals surface area contributed by atoms with Crippen LogP contribution < -0.4 is 10.1 Å². The first-order chi connectivity index (χ1) is 11.4. The highest BCUT2D eigenvalue weighted by Crippen LogP contribution is 2.34. The molecule has 24 heavy (non-hydrogen) atoms. The second-order valence-corrected chi connectivity index (χ2v) is 5.11. The average Bonchev–Trinajstić information content (AvgIpc) is 2.58. The van der Waals surface area contributed by atoms with Gasteiger partial charge in [0.1, 0.15) is 5.75 Å². The number of rotatable bonds is 6. The number of nitrogens with zero attached hydrogens (tertiary/aromatic N) is 3. The van der Waals surface area contributed by atoms with Gasteiger partial charge in [-0.05, 0) is 30.5 Å².